The lowest BCUT2D eigenvalue weighted by atomic mass is 9.95. The quantitative estimate of drug-likeness (QED) is 0.541. The summed E-state index contributed by atoms with van der Waals surface area (Å²) in [7, 11) is 1.26. The van der Waals surface area contributed by atoms with Gasteiger partial charge < -0.3 is 19.4 Å². The van der Waals surface area contributed by atoms with Gasteiger partial charge in [0.1, 0.15) is 0 Å². The first-order chi connectivity index (χ1) is 16.0. The first-order valence-electron chi connectivity index (χ1n) is 10.6. The molecule has 1 aromatic heterocycles. The van der Waals surface area contributed by atoms with E-state index in [2.05, 4.69) is 5.32 Å². The average Bonchev–Trinajstić information content (AvgIpc) is 3.39. The predicted molar refractivity (Wildman–Crippen MR) is 124 cm³/mol. The first-order valence-corrected chi connectivity index (χ1v) is 10.9. The van der Waals surface area contributed by atoms with E-state index in [-0.39, 0.29) is 17.4 Å². The lowest BCUT2D eigenvalue weighted by Crippen LogP contribution is -2.43. The van der Waals surface area contributed by atoms with Crippen LogP contribution in [0.3, 0.4) is 0 Å². The molecule has 0 saturated carbocycles. The van der Waals surface area contributed by atoms with Crippen molar-refractivity contribution < 1.29 is 23.5 Å². The van der Waals surface area contributed by atoms with Crippen molar-refractivity contribution in [1.82, 2.24) is 4.90 Å². The Kier molecular flexibility index (Phi) is 6.79. The van der Waals surface area contributed by atoms with Gasteiger partial charge in [0.15, 0.2) is 0 Å². The van der Waals surface area contributed by atoms with Crippen LogP contribution in [0.25, 0.3) is 11.1 Å². The Morgan fingerprint density at radius 2 is 1.97 bits per heavy atom. The monoisotopic (exact) mass is 466 g/mol. The van der Waals surface area contributed by atoms with E-state index >= 15 is 0 Å². The van der Waals surface area contributed by atoms with Crippen molar-refractivity contribution in [1.29, 1.82) is 0 Å². The molecule has 0 radical (unpaired) electrons. The molecular formula is C25H23ClN2O5. The fraction of sp³-hybridized carbons (Fsp3) is 0.240. The zero-order valence-corrected chi connectivity index (χ0v) is 18.8. The molecule has 2 aromatic carbocycles. The van der Waals surface area contributed by atoms with Gasteiger partial charge in [0.25, 0.3) is 5.91 Å². The molecule has 3 aromatic rings. The maximum Gasteiger partial charge on any atom is 0.340 e. The molecule has 0 bridgehead atoms. The van der Waals surface area contributed by atoms with Crippen LogP contribution in [0, 0.1) is 5.92 Å². The van der Waals surface area contributed by atoms with Gasteiger partial charge in [-0.3, -0.25) is 9.59 Å². The predicted octanol–water partition coefficient (Wildman–Crippen LogP) is 4.88. The van der Waals surface area contributed by atoms with E-state index in [1.807, 2.05) is 24.3 Å². The number of methoxy groups -OCH3 is 1. The Bertz CT molecular complexity index is 1180. The Morgan fingerprint density at radius 1 is 1.12 bits per heavy atom. The van der Waals surface area contributed by atoms with Gasteiger partial charge in [0.2, 0.25) is 5.91 Å². The normalized spacial score (nSPS) is 15.7. The minimum atomic E-state index is -0.592. The fourth-order valence-electron chi connectivity index (χ4n) is 3.96. The summed E-state index contributed by atoms with van der Waals surface area (Å²) in [5.41, 5.74) is 2.84. The van der Waals surface area contributed by atoms with Gasteiger partial charge in [0, 0.05) is 29.2 Å². The van der Waals surface area contributed by atoms with E-state index < -0.39 is 11.9 Å². The molecule has 0 aliphatic carbocycles. The van der Waals surface area contributed by atoms with Crippen LogP contribution in [0.5, 0.6) is 0 Å². The number of carbonyl (C=O) groups is 3. The number of carbonyl (C=O) groups excluding carboxylic acids is 3. The molecule has 0 spiro atoms. The lowest BCUT2D eigenvalue weighted by molar-refractivity contribution is -0.121. The highest BCUT2D eigenvalue weighted by Crippen LogP contribution is 2.26. The number of hydrogen-bond donors (Lipinski definition) is 1. The van der Waals surface area contributed by atoms with E-state index in [4.69, 9.17) is 20.8 Å². The summed E-state index contributed by atoms with van der Waals surface area (Å²) < 4.78 is 9.92. The lowest BCUT2D eigenvalue weighted by Gasteiger charge is -2.32. The second kappa shape index (κ2) is 9.92. The molecule has 1 fully saturated rings. The largest absolute Gasteiger partial charge is 0.472 e. The number of halogens is 1. The SMILES string of the molecule is COC(=O)c1cc(Cl)ccc1NC(=O)C1CCCN(C(=O)c2cccc(-c3ccoc3)c2)C1. The van der Waals surface area contributed by atoms with Crippen LogP contribution < -0.4 is 5.32 Å². The molecule has 1 saturated heterocycles. The number of amides is 2. The van der Waals surface area contributed by atoms with Gasteiger partial charge in [-0.2, -0.15) is 0 Å². The number of benzene rings is 2. The number of esters is 1. The van der Waals surface area contributed by atoms with Crippen LogP contribution >= 0.6 is 11.6 Å². The van der Waals surface area contributed by atoms with Crippen molar-refractivity contribution in [2.45, 2.75) is 12.8 Å². The molecule has 1 atom stereocenters. The molecule has 8 heteroatoms. The number of likely N-dealkylation sites (tertiary alicyclic amines) is 1. The van der Waals surface area contributed by atoms with Crippen molar-refractivity contribution in [2.24, 2.45) is 5.92 Å². The Morgan fingerprint density at radius 3 is 2.73 bits per heavy atom. The third-order valence-electron chi connectivity index (χ3n) is 5.69. The number of rotatable bonds is 5. The summed E-state index contributed by atoms with van der Waals surface area (Å²) in [5, 5.41) is 3.16. The molecule has 2 heterocycles. The minimum absolute atomic E-state index is 0.125. The van der Waals surface area contributed by atoms with Crippen molar-refractivity contribution in [3.63, 3.8) is 0 Å². The summed E-state index contributed by atoms with van der Waals surface area (Å²) in [6.45, 7) is 0.870. The standard InChI is InChI=1S/C25H23ClN2O5/c1-32-25(31)21-13-20(26)7-8-22(21)27-23(29)18-6-3-10-28(14-18)24(30)17-5-2-4-16(12-17)19-9-11-33-15-19/h2,4-5,7-9,11-13,15,18H,3,6,10,14H2,1H3,(H,27,29). The number of hydrogen-bond acceptors (Lipinski definition) is 5. The van der Waals surface area contributed by atoms with Crippen LogP contribution in [-0.4, -0.2) is 42.9 Å². The maximum absolute atomic E-state index is 13.2. The Balaban J connectivity index is 1.47. The highest BCUT2D eigenvalue weighted by Gasteiger charge is 2.30. The van der Waals surface area contributed by atoms with Gasteiger partial charge in [-0.1, -0.05) is 23.7 Å². The first kappa shape index (κ1) is 22.6. The van der Waals surface area contributed by atoms with Gasteiger partial charge in [-0.15, -0.1) is 0 Å². The van der Waals surface area contributed by atoms with Crippen molar-refractivity contribution in [2.75, 3.05) is 25.5 Å². The summed E-state index contributed by atoms with van der Waals surface area (Å²) >= 11 is 5.99. The van der Waals surface area contributed by atoms with Gasteiger partial charge in [-0.25, -0.2) is 4.79 Å². The van der Waals surface area contributed by atoms with Crippen molar-refractivity contribution >= 4 is 35.1 Å². The summed E-state index contributed by atoms with van der Waals surface area (Å²) in [4.78, 5) is 39.9. The summed E-state index contributed by atoms with van der Waals surface area (Å²) in [6, 6.07) is 13.8. The second-order valence-electron chi connectivity index (χ2n) is 7.85. The third-order valence-corrected chi connectivity index (χ3v) is 5.92. The average molecular weight is 467 g/mol. The minimum Gasteiger partial charge on any atom is -0.472 e. The molecule has 33 heavy (non-hydrogen) atoms. The highest BCUT2D eigenvalue weighted by atomic mass is 35.5. The van der Waals surface area contributed by atoms with Gasteiger partial charge in [0.05, 0.1) is 36.8 Å². The number of nitrogens with zero attached hydrogens (tertiary/aromatic N) is 1. The van der Waals surface area contributed by atoms with E-state index in [1.54, 1.807) is 35.6 Å². The molecule has 7 nitrogen and oxygen atoms in total. The number of furan rings is 1. The summed E-state index contributed by atoms with van der Waals surface area (Å²) in [5.74, 6) is -1.38. The van der Waals surface area contributed by atoms with Crippen LogP contribution in [0.2, 0.25) is 5.02 Å². The molecule has 1 unspecified atom stereocenters. The number of piperidine rings is 1. The highest BCUT2D eigenvalue weighted by molar-refractivity contribution is 6.31. The molecule has 2 amide bonds. The molecular weight excluding hydrogens is 444 g/mol. The second-order valence-corrected chi connectivity index (χ2v) is 8.29. The fourth-order valence-corrected chi connectivity index (χ4v) is 4.13. The maximum atomic E-state index is 13.2. The van der Waals surface area contributed by atoms with Crippen LogP contribution in [0.4, 0.5) is 5.69 Å². The van der Waals surface area contributed by atoms with Crippen molar-refractivity contribution in [3.05, 3.63) is 77.2 Å². The zero-order chi connectivity index (χ0) is 23.4. The molecule has 170 valence electrons. The zero-order valence-electron chi connectivity index (χ0n) is 18.0. The van der Waals surface area contributed by atoms with E-state index in [0.717, 1.165) is 11.1 Å². The van der Waals surface area contributed by atoms with Crippen molar-refractivity contribution in [3.8, 4) is 11.1 Å². The number of ether oxygens (including phenoxy) is 1. The topological polar surface area (TPSA) is 88.9 Å². The Hall–Kier alpha value is -3.58. The van der Waals surface area contributed by atoms with Crippen LogP contribution in [-0.2, 0) is 9.53 Å². The van der Waals surface area contributed by atoms with E-state index in [9.17, 15) is 14.4 Å². The molecule has 1 aliphatic heterocycles. The van der Waals surface area contributed by atoms with Crippen LogP contribution in [0.15, 0.2) is 65.5 Å². The summed E-state index contributed by atoms with van der Waals surface area (Å²) in [6.07, 6.45) is 4.57. The smallest absolute Gasteiger partial charge is 0.340 e. The van der Waals surface area contributed by atoms with Gasteiger partial charge >= 0.3 is 5.97 Å². The molecule has 4 rings (SSSR count). The van der Waals surface area contributed by atoms with Gasteiger partial charge in [-0.05, 0) is 54.8 Å². The number of nitrogens with one attached hydrogen (secondary N) is 1. The Labute approximate surface area is 196 Å². The van der Waals surface area contributed by atoms with E-state index in [0.29, 0.717) is 42.2 Å². The van der Waals surface area contributed by atoms with Crippen LogP contribution in [0.1, 0.15) is 33.6 Å². The third kappa shape index (κ3) is 5.09. The molecule has 1 aliphatic rings. The number of anilines is 1. The molecule has 1 N–H and O–H groups in total. The van der Waals surface area contributed by atoms with E-state index in [1.165, 1.54) is 13.2 Å².